The summed E-state index contributed by atoms with van der Waals surface area (Å²) in [6, 6.07) is 9.58. The van der Waals surface area contributed by atoms with E-state index in [1.165, 1.54) is 12.7 Å². The van der Waals surface area contributed by atoms with Crippen molar-refractivity contribution in [1.29, 1.82) is 0 Å². The van der Waals surface area contributed by atoms with E-state index in [0.717, 1.165) is 19.3 Å². The first-order chi connectivity index (χ1) is 12.7. The van der Waals surface area contributed by atoms with Crippen molar-refractivity contribution >= 4 is 25.4 Å². The largest absolute Gasteiger partial charge is 0.481 e. The van der Waals surface area contributed by atoms with Crippen LogP contribution in [0.5, 0.6) is 0 Å². The number of nitrogens with two attached hydrogens (primary N) is 1. The predicted octanol–water partition coefficient (Wildman–Crippen LogP) is 2.52. The van der Waals surface area contributed by atoms with Crippen molar-refractivity contribution in [1.82, 2.24) is 5.32 Å². The van der Waals surface area contributed by atoms with Crippen LogP contribution in [-0.4, -0.2) is 49.9 Å². The first kappa shape index (κ1) is 24.9. The van der Waals surface area contributed by atoms with E-state index in [4.69, 9.17) is 19.8 Å². The molecule has 1 fully saturated rings. The van der Waals surface area contributed by atoms with Crippen molar-refractivity contribution in [2.45, 2.75) is 70.1 Å². The van der Waals surface area contributed by atoms with Crippen LogP contribution in [0.25, 0.3) is 0 Å². The van der Waals surface area contributed by atoms with E-state index in [-0.39, 0.29) is 30.9 Å². The van der Waals surface area contributed by atoms with Gasteiger partial charge in [0.25, 0.3) is 0 Å². The minimum atomic E-state index is -0.714. The van der Waals surface area contributed by atoms with Crippen molar-refractivity contribution < 1.29 is 18.8 Å². The molecule has 2 atom stereocenters. The van der Waals surface area contributed by atoms with Gasteiger partial charge in [0.15, 0.2) is 0 Å². The van der Waals surface area contributed by atoms with Gasteiger partial charge < -0.3 is 25.1 Å². The van der Waals surface area contributed by atoms with Gasteiger partial charge in [0.2, 0.25) is 5.91 Å². The molecule has 1 saturated heterocycles. The maximum Gasteiger partial charge on any atom is 0.481 e. The third kappa shape index (κ3) is 6.46. The van der Waals surface area contributed by atoms with E-state index in [1.54, 1.807) is 0 Å². The molecule has 1 amide bonds. The van der Waals surface area contributed by atoms with Gasteiger partial charge in [-0.15, -0.1) is 12.4 Å². The minimum Gasteiger partial charge on any atom is -0.402 e. The van der Waals surface area contributed by atoms with Gasteiger partial charge in [0.05, 0.1) is 23.8 Å². The monoisotopic (exact) mass is 412 g/mol. The van der Waals surface area contributed by atoms with Crippen LogP contribution in [0.15, 0.2) is 30.3 Å². The number of hydrogen-bond acceptors (Lipinski definition) is 5. The van der Waals surface area contributed by atoms with Gasteiger partial charge in [-0.2, -0.15) is 0 Å². The number of halogens is 1. The fraction of sp³-hybridized carbons (Fsp3) is 0.650. The molecule has 28 heavy (non-hydrogen) atoms. The SMILES string of the molecule is COCC(N)C(=O)N[C@@H](CCCc1ccccc1)B1OC(C)(C)C(C)(C)O1.Cl. The molecule has 0 saturated carbocycles. The van der Waals surface area contributed by atoms with Crippen LogP contribution in [0.2, 0.25) is 0 Å². The fourth-order valence-corrected chi connectivity index (χ4v) is 3.04. The number of carbonyl (C=O) groups excluding carboxylic acids is 1. The predicted molar refractivity (Wildman–Crippen MR) is 114 cm³/mol. The van der Waals surface area contributed by atoms with Crippen molar-refractivity contribution in [2.75, 3.05) is 13.7 Å². The molecule has 8 heteroatoms. The first-order valence-electron chi connectivity index (χ1n) is 9.61. The molecule has 0 bridgehead atoms. The van der Waals surface area contributed by atoms with E-state index < -0.39 is 24.4 Å². The van der Waals surface area contributed by atoms with E-state index >= 15 is 0 Å². The van der Waals surface area contributed by atoms with Gasteiger partial charge in [0, 0.05) is 7.11 Å². The molecule has 2 rings (SSSR count). The summed E-state index contributed by atoms with van der Waals surface area (Å²) >= 11 is 0. The number of carbonyl (C=O) groups is 1. The highest BCUT2D eigenvalue weighted by molar-refractivity contribution is 6.48. The van der Waals surface area contributed by atoms with Crippen LogP contribution in [0, 0.1) is 0 Å². The fourth-order valence-electron chi connectivity index (χ4n) is 3.04. The maximum atomic E-state index is 12.4. The van der Waals surface area contributed by atoms with Gasteiger partial charge >= 0.3 is 7.12 Å². The lowest BCUT2D eigenvalue weighted by Crippen LogP contribution is -2.53. The average molecular weight is 413 g/mol. The topological polar surface area (TPSA) is 82.8 Å². The number of benzene rings is 1. The molecule has 1 aliphatic rings. The van der Waals surface area contributed by atoms with Crippen LogP contribution >= 0.6 is 12.4 Å². The zero-order valence-electron chi connectivity index (χ0n) is 17.6. The number of nitrogens with one attached hydrogen (secondary N) is 1. The number of rotatable bonds is 9. The summed E-state index contributed by atoms with van der Waals surface area (Å²) < 4.78 is 17.3. The van der Waals surface area contributed by atoms with Gasteiger partial charge in [-0.1, -0.05) is 30.3 Å². The smallest absolute Gasteiger partial charge is 0.402 e. The Hall–Kier alpha value is -1.12. The standard InChI is InChI=1S/C20H33BN2O4.ClH/c1-19(2)20(3,4)27-21(26-19)17(23-18(24)16(22)14-25-5)13-9-12-15-10-7-6-8-11-15;/h6-8,10-11,16-17H,9,12-14,22H2,1-5H3,(H,23,24);1H/t16?,17-;/m0./s1. The van der Waals surface area contributed by atoms with E-state index in [1.807, 2.05) is 45.9 Å². The van der Waals surface area contributed by atoms with Crippen LogP contribution in [0.3, 0.4) is 0 Å². The summed E-state index contributed by atoms with van der Waals surface area (Å²) in [6.07, 6.45) is 2.56. The summed E-state index contributed by atoms with van der Waals surface area (Å²) in [5.74, 6) is -0.526. The molecule has 1 aliphatic heterocycles. The molecular formula is C20H34BClN2O4. The Labute approximate surface area is 175 Å². The number of amides is 1. The van der Waals surface area contributed by atoms with Crippen LogP contribution in [-0.2, 0) is 25.3 Å². The first-order valence-corrected chi connectivity index (χ1v) is 9.61. The van der Waals surface area contributed by atoms with E-state index in [0.29, 0.717) is 0 Å². The molecule has 1 aromatic carbocycles. The third-order valence-electron chi connectivity index (χ3n) is 5.43. The summed E-state index contributed by atoms with van der Waals surface area (Å²) in [5, 5.41) is 3.01. The minimum absolute atomic E-state index is 0. The molecule has 0 spiro atoms. The van der Waals surface area contributed by atoms with E-state index in [2.05, 4.69) is 17.4 Å². The highest BCUT2D eigenvalue weighted by Gasteiger charge is 2.54. The lowest BCUT2D eigenvalue weighted by Gasteiger charge is -2.32. The molecule has 3 N–H and O–H groups in total. The molecule has 6 nitrogen and oxygen atoms in total. The molecule has 0 aliphatic carbocycles. The van der Waals surface area contributed by atoms with Crippen molar-refractivity contribution in [3.8, 4) is 0 Å². The average Bonchev–Trinajstić information content (AvgIpc) is 2.82. The zero-order chi connectivity index (χ0) is 20.1. The normalized spacial score (nSPS) is 19.6. The Kier molecular flexibility index (Phi) is 9.44. The number of hydrogen-bond donors (Lipinski definition) is 2. The quantitative estimate of drug-likeness (QED) is 0.609. The molecular weight excluding hydrogens is 378 g/mol. The number of methoxy groups -OCH3 is 1. The summed E-state index contributed by atoms with van der Waals surface area (Å²) in [4.78, 5) is 12.4. The van der Waals surface area contributed by atoms with Crippen LogP contribution in [0.1, 0.15) is 46.1 Å². The van der Waals surface area contributed by atoms with Crippen molar-refractivity contribution in [3.63, 3.8) is 0 Å². The summed E-state index contributed by atoms with van der Waals surface area (Å²) in [5.41, 5.74) is 6.25. The van der Waals surface area contributed by atoms with Gasteiger partial charge in [-0.05, 0) is 52.5 Å². The Morgan fingerprint density at radius 1 is 1.18 bits per heavy atom. The van der Waals surface area contributed by atoms with E-state index in [9.17, 15) is 4.79 Å². The molecule has 158 valence electrons. The third-order valence-corrected chi connectivity index (χ3v) is 5.43. The number of ether oxygens (including phenoxy) is 1. The lowest BCUT2D eigenvalue weighted by molar-refractivity contribution is -0.123. The van der Waals surface area contributed by atoms with Crippen molar-refractivity contribution in [3.05, 3.63) is 35.9 Å². The second kappa shape index (κ2) is 10.6. The second-order valence-electron chi connectivity index (χ2n) is 8.18. The van der Waals surface area contributed by atoms with Crippen LogP contribution < -0.4 is 11.1 Å². The lowest BCUT2D eigenvalue weighted by atomic mass is 9.75. The summed E-state index contributed by atoms with van der Waals surface area (Å²) in [6.45, 7) is 8.20. The summed E-state index contributed by atoms with van der Waals surface area (Å²) in [7, 11) is 1.02. The van der Waals surface area contributed by atoms with Crippen LogP contribution in [0.4, 0.5) is 0 Å². The number of aryl methyl sites for hydroxylation is 1. The Morgan fingerprint density at radius 3 is 2.29 bits per heavy atom. The molecule has 1 unspecified atom stereocenters. The highest BCUT2D eigenvalue weighted by Crippen LogP contribution is 2.38. The zero-order valence-corrected chi connectivity index (χ0v) is 18.4. The Balaban J connectivity index is 0.00000392. The van der Waals surface area contributed by atoms with Crippen molar-refractivity contribution in [2.24, 2.45) is 5.73 Å². The Morgan fingerprint density at radius 2 is 1.75 bits per heavy atom. The molecule has 1 aromatic rings. The second-order valence-corrected chi connectivity index (χ2v) is 8.18. The van der Waals surface area contributed by atoms with Gasteiger partial charge in [-0.25, -0.2) is 0 Å². The molecule has 1 heterocycles. The van der Waals surface area contributed by atoms with Gasteiger partial charge in [0.1, 0.15) is 6.04 Å². The van der Waals surface area contributed by atoms with Gasteiger partial charge in [-0.3, -0.25) is 4.79 Å². The maximum absolute atomic E-state index is 12.4. The molecule has 0 radical (unpaired) electrons. The highest BCUT2D eigenvalue weighted by atomic mass is 35.5. The molecule has 0 aromatic heterocycles. The Bertz CT molecular complexity index is 599.